The zero-order chi connectivity index (χ0) is 42.5. The summed E-state index contributed by atoms with van der Waals surface area (Å²) in [5.41, 5.74) is 0.0953. The van der Waals surface area contributed by atoms with Crippen molar-refractivity contribution >= 4 is 17.9 Å². The molecule has 57 heavy (non-hydrogen) atoms. The first-order valence-electron chi connectivity index (χ1n) is 21.4. The summed E-state index contributed by atoms with van der Waals surface area (Å²) in [6.45, 7) is 32.5. The van der Waals surface area contributed by atoms with Gasteiger partial charge in [-0.05, 0) is 148 Å². The Kier molecular flexibility index (Phi) is 12.6. The fourth-order valence-electron chi connectivity index (χ4n) is 10.0. The lowest BCUT2D eigenvalue weighted by Gasteiger charge is -2.49. The Morgan fingerprint density at radius 1 is 0.491 bits per heavy atom. The van der Waals surface area contributed by atoms with Crippen LogP contribution in [0.4, 0.5) is 0 Å². The number of nitrogens with one attached hydrogen (secondary N) is 3. The first-order valence-corrected chi connectivity index (χ1v) is 21.4. The van der Waals surface area contributed by atoms with Crippen molar-refractivity contribution in [2.24, 2.45) is 35.5 Å². The van der Waals surface area contributed by atoms with Crippen molar-refractivity contribution in [1.29, 1.82) is 0 Å². The Morgan fingerprint density at radius 3 is 1.19 bits per heavy atom. The van der Waals surface area contributed by atoms with Gasteiger partial charge in [-0.1, -0.05) is 53.7 Å². The van der Waals surface area contributed by atoms with E-state index in [0.29, 0.717) is 79.1 Å². The summed E-state index contributed by atoms with van der Waals surface area (Å²) < 4.78 is 18.4. The fourth-order valence-corrected chi connectivity index (χ4v) is 10.0. The van der Waals surface area contributed by atoms with Crippen molar-refractivity contribution < 1.29 is 28.6 Å². The lowest BCUT2D eigenvalue weighted by molar-refractivity contribution is -0.143. The topological polar surface area (TPSA) is 115 Å². The highest BCUT2D eigenvalue weighted by Crippen LogP contribution is 2.42. The summed E-state index contributed by atoms with van der Waals surface area (Å²) in [6.07, 6.45) is 3.97. The molecule has 0 aromatic heterocycles. The van der Waals surface area contributed by atoms with Gasteiger partial charge in [0.05, 0.1) is 17.8 Å². The number of carbonyl (C=O) groups is 3. The van der Waals surface area contributed by atoms with Crippen LogP contribution in [0, 0.1) is 35.5 Å². The normalized spacial score (nSPS) is 30.9. The van der Waals surface area contributed by atoms with Crippen LogP contribution >= 0.6 is 0 Å². The van der Waals surface area contributed by atoms with E-state index < -0.39 is 0 Å². The molecule has 6 atom stereocenters. The van der Waals surface area contributed by atoms with Gasteiger partial charge in [0, 0.05) is 44.9 Å². The molecule has 2 aromatic carbocycles. The number of benzene rings is 2. The van der Waals surface area contributed by atoms with Gasteiger partial charge in [0.25, 0.3) is 0 Å². The van der Waals surface area contributed by atoms with Crippen LogP contribution in [0.25, 0.3) is 11.1 Å². The van der Waals surface area contributed by atoms with Crippen LogP contribution in [0.2, 0.25) is 0 Å². The largest absolute Gasteiger partial charge is 0.426 e. The number of hydrogen-bond donors (Lipinski definition) is 3. The van der Waals surface area contributed by atoms with Crippen molar-refractivity contribution in [1.82, 2.24) is 16.0 Å². The molecule has 9 heteroatoms. The number of rotatable bonds is 10. The predicted octanol–water partition coefficient (Wildman–Crippen LogP) is 9.65. The summed E-state index contributed by atoms with van der Waals surface area (Å²) in [6, 6.07) is 12.6. The van der Waals surface area contributed by atoms with Gasteiger partial charge < -0.3 is 30.2 Å². The van der Waals surface area contributed by atoms with Gasteiger partial charge in [-0.3, -0.25) is 14.4 Å². The Bertz CT molecular complexity index is 1800. The highest BCUT2D eigenvalue weighted by atomic mass is 16.5. The second-order valence-corrected chi connectivity index (χ2v) is 21.5. The van der Waals surface area contributed by atoms with Gasteiger partial charge >= 0.3 is 17.9 Å². The molecule has 0 aliphatic carbocycles. The summed E-state index contributed by atoms with van der Waals surface area (Å²) in [4.78, 5) is 41.6. The molecule has 3 heterocycles. The molecule has 9 nitrogen and oxygen atoms in total. The van der Waals surface area contributed by atoms with Crippen LogP contribution in [-0.2, 0) is 14.4 Å². The van der Waals surface area contributed by atoms with E-state index in [-0.39, 0.29) is 68.9 Å². The van der Waals surface area contributed by atoms with E-state index in [0.717, 1.165) is 5.56 Å². The third-order valence-electron chi connectivity index (χ3n) is 13.7. The maximum atomic E-state index is 14.2. The van der Waals surface area contributed by atoms with Gasteiger partial charge in [0.2, 0.25) is 0 Å². The molecule has 3 aliphatic rings. The summed E-state index contributed by atoms with van der Waals surface area (Å²) in [7, 11) is 0. The maximum absolute atomic E-state index is 14.2. The van der Waals surface area contributed by atoms with E-state index in [1.54, 1.807) is 24.3 Å². The van der Waals surface area contributed by atoms with Crippen molar-refractivity contribution in [2.75, 3.05) is 0 Å². The van der Waals surface area contributed by atoms with Crippen LogP contribution in [0.1, 0.15) is 142 Å². The third kappa shape index (κ3) is 10.5. The molecule has 3 aliphatic heterocycles. The Balaban J connectivity index is 1.42. The minimum atomic E-state index is -0.335. The first kappa shape index (κ1) is 44.8. The highest BCUT2D eigenvalue weighted by molar-refractivity contribution is 5.82. The number of carbonyl (C=O) groups excluding carboxylic acids is 3. The van der Waals surface area contributed by atoms with E-state index in [1.165, 1.54) is 0 Å². The molecule has 3 N–H and O–H groups in total. The molecular formula is C48H73N3O6. The predicted molar refractivity (Wildman–Crippen MR) is 228 cm³/mol. The minimum absolute atomic E-state index is 0.181. The van der Waals surface area contributed by atoms with Crippen molar-refractivity contribution in [2.45, 2.75) is 176 Å². The summed E-state index contributed by atoms with van der Waals surface area (Å²) in [5.74, 6) is 0.394. The molecule has 316 valence electrons. The van der Waals surface area contributed by atoms with Crippen LogP contribution in [0.3, 0.4) is 0 Å². The van der Waals surface area contributed by atoms with Crippen LogP contribution < -0.4 is 30.2 Å². The molecule has 2 aromatic rings. The second-order valence-electron chi connectivity index (χ2n) is 21.5. The average molecular weight is 788 g/mol. The number of esters is 3. The van der Waals surface area contributed by atoms with Gasteiger partial charge in [0.15, 0.2) is 0 Å². The zero-order valence-electron chi connectivity index (χ0n) is 37.7. The Morgan fingerprint density at radius 2 is 0.825 bits per heavy atom. The zero-order valence-corrected chi connectivity index (χ0v) is 37.7. The van der Waals surface area contributed by atoms with Crippen LogP contribution in [-0.4, -0.2) is 51.1 Å². The molecule has 6 unspecified atom stereocenters. The van der Waals surface area contributed by atoms with Gasteiger partial charge in [-0.2, -0.15) is 0 Å². The standard InChI is InChI=1S/C48H73N3O6/c1-29(2)46(13)26-33(23-43(7,8)49-46)40(52)55-36-18-16-32(17-19-36)38-21-20-37(56-41(53)34-24-44(9,10)50-47(14,27-34)30(3)4)22-39(38)57-42(54)35-25-45(11,12)51-48(15,28-35)31(5)6/h16-22,29-31,33-35,49-51H,23-28H2,1-15H3. The van der Waals surface area contributed by atoms with Crippen molar-refractivity contribution in [3.8, 4) is 28.4 Å². The van der Waals surface area contributed by atoms with Crippen LogP contribution in [0.5, 0.6) is 17.2 Å². The van der Waals surface area contributed by atoms with Gasteiger partial charge in [-0.25, -0.2) is 0 Å². The lowest BCUT2D eigenvalue weighted by atomic mass is 9.70. The summed E-state index contributed by atoms with van der Waals surface area (Å²) in [5, 5.41) is 11.3. The molecule has 0 bridgehead atoms. The number of piperidine rings is 3. The molecule has 3 saturated heterocycles. The highest BCUT2D eigenvalue weighted by Gasteiger charge is 2.48. The van der Waals surface area contributed by atoms with Gasteiger partial charge in [0.1, 0.15) is 17.2 Å². The first-order chi connectivity index (χ1) is 26.1. The molecule has 0 amide bonds. The lowest BCUT2D eigenvalue weighted by Crippen LogP contribution is -2.62. The van der Waals surface area contributed by atoms with E-state index in [1.807, 2.05) is 18.2 Å². The van der Waals surface area contributed by atoms with Crippen LogP contribution in [0.15, 0.2) is 42.5 Å². The quantitative estimate of drug-likeness (QED) is 0.160. The second kappa shape index (κ2) is 16.1. The van der Waals surface area contributed by atoms with Gasteiger partial charge in [-0.15, -0.1) is 0 Å². The smallest absolute Gasteiger partial charge is 0.314 e. The number of hydrogen-bond acceptors (Lipinski definition) is 9. The van der Waals surface area contributed by atoms with E-state index in [4.69, 9.17) is 14.2 Å². The molecule has 0 radical (unpaired) electrons. The summed E-state index contributed by atoms with van der Waals surface area (Å²) >= 11 is 0. The van der Waals surface area contributed by atoms with E-state index in [2.05, 4.69) is 120 Å². The maximum Gasteiger partial charge on any atom is 0.314 e. The molecule has 0 saturated carbocycles. The minimum Gasteiger partial charge on any atom is -0.426 e. The molecular weight excluding hydrogens is 715 g/mol. The van der Waals surface area contributed by atoms with E-state index >= 15 is 0 Å². The fraction of sp³-hybridized carbons (Fsp3) is 0.688. The molecule has 5 rings (SSSR count). The van der Waals surface area contributed by atoms with Crippen molar-refractivity contribution in [3.63, 3.8) is 0 Å². The Hall–Kier alpha value is -3.27. The van der Waals surface area contributed by atoms with E-state index in [9.17, 15) is 14.4 Å². The van der Waals surface area contributed by atoms with Crippen molar-refractivity contribution in [3.05, 3.63) is 42.5 Å². The number of ether oxygens (including phenoxy) is 3. The Labute approximate surface area is 343 Å². The monoisotopic (exact) mass is 788 g/mol. The third-order valence-corrected chi connectivity index (χ3v) is 13.7. The molecule has 3 fully saturated rings. The average Bonchev–Trinajstić information content (AvgIpc) is 3.06. The molecule has 0 spiro atoms. The SMILES string of the molecule is CC(C)C1(C)CC(C(=O)Oc2ccc(-c3ccc(OC(=O)C4CC(C)(C)NC(C)(C(C)C)C4)cc3OC(=O)C3CC(C)(C)NC(C)(C(C)C)C3)cc2)CC(C)(C)N1.